The topological polar surface area (TPSA) is 68.4 Å². The summed E-state index contributed by atoms with van der Waals surface area (Å²) in [5, 5.41) is 7.65. The number of para-hydroxylation sites is 4. The maximum Gasteiger partial charge on any atom is 0.155 e. The van der Waals surface area contributed by atoms with Gasteiger partial charge in [0.05, 0.1) is 49.5 Å². The number of hydrogen-bond acceptors (Lipinski definition) is 5. The Hall–Kier alpha value is -6.73. The van der Waals surface area contributed by atoms with Gasteiger partial charge in [0.25, 0.3) is 0 Å². The summed E-state index contributed by atoms with van der Waals surface area (Å²) < 4.78 is 16.0. The van der Waals surface area contributed by atoms with Crippen LogP contribution < -0.4 is 20.1 Å². The van der Waals surface area contributed by atoms with E-state index >= 15 is 4.79 Å². The van der Waals surface area contributed by atoms with E-state index < -0.39 is 23.9 Å². The molecule has 8 aromatic rings. The Labute approximate surface area is 315 Å². The average Bonchev–Trinajstić information content (AvgIpc) is 3.86. The van der Waals surface area contributed by atoms with Crippen molar-refractivity contribution < 1.29 is 14.3 Å². The summed E-state index contributed by atoms with van der Waals surface area (Å²) in [4.78, 5) is 16.5. The predicted octanol–water partition coefficient (Wildman–Crippen LogP) is 10.4. The quantitative estimate of drug-likeness (QED) is 0.118. The Bertz CT molecular complexity index is 2320. The van der Waals surface area contributed by atoms with Crippen LogP contribution in [-0.2, 0) is 4.79 Å². The summed E-state index contributed by atoms with van der Waals surface area (Å²) >= 11 is 0. The smallest absolute Gasteiger partial charge is 0.155 e. The van der Waals surface area contributed by atoms with Gasteiger partial charge in [-0.3, -0.25) is 4.79 Å². The average molecular weight is 711 g/mol. The number of hydrogen-bond donors (Lipinski definition) is 2. The molecule has 0 saturated carbocycles. The van der Waals surface area contributed by atoms with Gasteiger partial charge < -0.3 is 28.9 Å². The highest BCUT2D eigenvalue weighted by Crippen LogP contribution is 2.46. The van der Waals surface area contributed by atoms with Crippen LogP contribution in [0.2, 0.25) is 0 Å². The molecule has 4 heterocycles. The molecule has 54 heavy (non-hydrogen) atoms. The minimum atomic E-state index is -0.688. The van der Waals surface area contributed by atoms with Gasteiger partial charge in [-0.1, -0.05) is 97.1 Å². The van der Waals surface area contributed by atoms with Crippen molar-refractivity contribution in [1.82, 2.24) is 8.80 Å². The molecule has 0 spiro atoms. The zero-order chi connectivity index (χ0) is 36.9. The van der Waals surface area contributed by atoms with Crippen LogP contribution in [0.1, 0.15) is 46.4 Å². The van der Waals surface area contributed by atoms with Gasteiger partial charge in [0.1, 0.15) is 11.5 Å². The lowest BCUT2D eigenvalue weighted by molar-refractivity contribution is -0.123. The van der Waals surface area contributed by atoms with Crippen LogP contribution in [0.15, 0.2) is 182 Å². The molecule has 0 aliphatic heterocycles. The lowest BCUT2D eigenvalue weighted by Crippen LogP contribution is -2.35. The summed E-state index contributed by atoms with van der Waals surface area (Å²) in [5.74, 6) is 0.0482. The van der Waals surface area contributed by atoms with E-state index in [2.05, 4.69) is 80.1 Å². The highest BCUT2D eigenvalue weighted by Gasteiger charge is 2.43. The van der Waals surface area contributed by atoms with Crippen LogP contribution >= 0.6 is 0 Å². The van der Waals surface area contributed by atoms with Gasteiger partial charge in [-0.2, -0.15) is 0 Å². The van der Waals surface area contributed by atoms with Gasteiger partial charge in [0.2, 0.25) is 0 Å². The molecule has 0 fully saturated rings. The third-order valence-corrected chi connectivity index (χ3v) is 10.3. The molecule has 0 saturated heterocycles. The van der Waals surface area contributed by atoms with Crippen molar-refractivity contribution in [2.45, 2.75) is 23.9 Å². The number of fused-ring (bicyclic) bond motifs is 2. The molecule has 0 aliphatic rings. The van der Waals surface area contributed by atoms with Gasteiger partial charge >= 0.3 is 0 Å². The summed E-state index contributed by atoms with van der Waals surface area (Å²) in [6, 6.07) is 55.8. The van der Waals surface area contributed by atoms with Gasteiger partial charge in [-0.15, -0.1) is 0 Å². The van der Waals surface area contributed by atoms with Crippen LogP contribution in [0, 0.1) is 0 Å². The molecule has 4 unspecified atom stereocenters. The second kappa shape index (κ2) is 15.5. The number of benzene rings is 4. The maximum atomic E-state index is 16.5. The zero-order valence-electron chi connectivity index (χ0n) is 30.2. The number of nitrogens with zero attached hydrogens (tertiary/aromatic N) is 2. The monoisotopic (exact) mass is 710 g/mol. The van der Waals surface area contributed by atoms with Crippen molar-refractivity contribution in [3.8, 4) is 11.5 Å². The zero-order valence-corrected chi connectivity index (χ0v) is 30.2. The number of Topliss-reactive ketones (excluding diaryl/α,β-unsaturated/α-hetero) is 1. The Morgan fingerprint density at radius 1 is 0.463 bits per heavy atom. The molecule has 0 amide bonds. The third-order valence-electron chi connectivity index (χ3n) is 10.3. The predicted molar refractivity (Wildman–Crippen MR) is 217 cm³/mol. The van der Waals surface area contributed by atoms with Crippen molar-refractivity contribution in [3.05, 3.63) is 205 Å². The van der Waals surface area contributed by atoms with Gasteiger partial charge in [0.15, 0.2) is 5.78 Å². The number of methoxy groups -OCH3 is 2. The maximum absolute atomic E-state index is 16.5. The Balaban J connectivity index is 1.39. The third kappa shape index (κ3) is 6.68. The van der Waals surface area contributed by atoms with E-state index in [1.807, 2.05) is 122 Å². The summed E-state index contributed by atoms with van der Waals surface area (Å²) in [5.41, 5.74) is 7.30. The first kappa shape index (κ1) is 34.4. The summed E-state index contributed by atoms with van der Waals surface area (Å²) in [6.45, 7) is 0. The minimum absolute atomic E-state index is 0.0372. The molecule has 2 N–H and O–H groups in total. The summed E-state index contributed by atoms with van der Waals surface area (Å²) in [7, 11) is 3.34. The van der Waals surface area contributed by atoms with Gasteiger partial charge in [0, 0.05) is 34.8 Å². The molecular formula is C47H42N4O3. The molecule has 0 radical (unpaired) electrons. The number of nitrogens with one attached hydrogen (secondary N) is 2. The lowest BCUT2D eigenvalue weighted by atomic mass is 9.76. The van der Waals surface area contributed by atoms with E-state index in [4.69, 9.17) is 9.47 Å². The SMILES string of the molecule is COc1ccccc1NC(c1ccccc1)C(C(=O)C(c1ccc2ccccn12)C(Nc1ccccc1OC)c1ccccc1)c1ccc2ccccn12. The van der Waals surface area contributed by atoms with E-state index in [0.29, 0.717) is 11.5 Å². The molecule has 8 rings (SSSR count). The van der Waals surface area contributed by atoms with E-state index in [1.165, 1.54) is 0 Å². The number of pyridine rings is 2. The Morgan fingerprint density at radius 2 is 0.852 bits per heavy atom. The second-order valence-corrected chi connectivity index (χ2v) is 13.3. The van der Waals surface area contributed by atoms with Crippen molar-refractivity contribution in [1.29, 1.82) is 0 Å². The standard InChI is InChI=1S/C47H42N4O3/c1-53-41-25-11-9-23-37(41)48-45(33-17-5-3-6-18-33)43(39-29-27-35-21-13-15-31-50(35)39)47(52)44(40-30-28-36-22-14-16-32-51(36)40)46(34-19-7-4-8-20-34)49-38-24-10-12-26-42(38)54-2/h3-32,43-46,48-49H,1-2H3. The van der Waals surface area contributed by atoms with E-state index in [0.717, 1.165) is 44.9 Å². The van der Waals surface area contributed by atoms with Crippen LogP contribution in [0.25, 0.3) is 11.0 Å². The van der Waals surface area contributed by atoms with Crippen LogP contribution in [0.4, 0.5) is 11.4 Å². The number of carbonyl (C=O) groups is 1. The number of anilines is 2. The molecule has 0 aliphatic carbocycles. The molecule has 4 aromatic heterocycles. The highest BCUT2D eigenvalue weighted by molar-refractivity contribution is 5.94. The molecule has 268 valence electrons. The normalized spacial score (nSPS) is 13.5. The first-order chi connectivity index (χ1) is 26.6. The lowest BCUT2D eigenvalue weighted by Gasteiger charge is -2.35. The number of ether oxygens (including phenoxy) is 2. The number of aromatic nitrogens is 2. The van der Waals surface area contributed by atoms with Crippen molar-refractivity contribution in [2.75, 3.05) is 24.9 Å². The number of carbonyl (C=O) groups excluding carboxylic acids is 1. The first-order valence-corrected chi connectivity index (χ1v) is 18.2. The van der Waals surface area contributed by atoms with Crippen molar-refractivity contribution in [2.24, 2.45) is 0 Å². The van der Waals surface area contributed by atoms with Crippen molar-refractivity contribution >= 4 is 28.2 Å². The van der Waals surface area contributed by atoms with E-state index in [1.54, 1.807) is 14.2 Å². The van der Waals surface area contributed by atoms with Crippen LogP contribution in [0.5, 0.6) is 11.5 Å². The fourth-order valence-corrected chi connectivity index (χ4v) is 7.72. The molecule has 0 bridgehead atoms. The van der Waals surface area contributed by atoms with Crippen molar-refractivity contribution in [3.63, 3.8) is 0 Å². The fraction of sp³-hybridized carbons (Fsp3) is 0.128. The molecule has 7 heteroatoms. The summed E-state index contributed by atoms with van der Waals surface area (Å²) in [6.07, 6.45) is 4.08. The highest BCUT2D eigenvalue weighted by atomic mass is 16.5. The minimum Gasteiger partial charge on any atom is -0.495 e. The second-order valence-electron chi connectivity index (χ2n) is 13.3. The number of ketones is 1. The van der Waals surface area contributed by atoms with E-state index in [9.17, 15) is 0 Å². The van der Waals surface area contributed by atoms with Crippen LogP contribution in [-0.4, -0.2) is 28.8 Å². The van der Waals surface area contributed by atoms with Crippen LogP contribution in [0.3, 0.4) is 0 Å². The molecule has 7 nitrogen and oxygen atoms in total. The fourth-order valence-electron chi connectivity index (χ4n) is 7.72. The van der Waals surface area contributed by atoms with Gasteiger partial charge in [-0.05, 0) is 83.9 Å². The Morgan fingerprint density at radius 3 is 1.28 bits per heavy atom. The Kier molecular flexibility index (Phi) is 9.85. The molecule has 4 atom stereocenters. The largest absolute Gasteiger partial charge is 0.495 e. The van der Waals surface area contributed by atoms with E-state index in [-0.39, 0.29) is 5.78 Å². The van der Waals surface area contributed by atoms with Gasteiger partial charge in [-0.25, -0.2) is 0 Å². The first-order valence-electron chi connectivity index (χ1n) is 18.2. The molecule has 4 aromatic carbocycles. The number of rotatable bonds is 14. The molecular weight excluding hydrogens is 669 g/mol.